The van der Waals surface area contributed by atoms with Crippen molar-refractivity contribution in [2.24, 2.45) is 0 Å². The SMILES string of the molecule is C#CCN(CC(=O)O)C(=O)C(C)Oc1ccccc1Cl. The molecule has 1 unspecified atom stereocenters. The number of terminal acetylenes is 1. The van der Waals surface area contributed by atoms with Gasteiger partial charge in [0, 0.05) is 0 Å². The normalized spacial score (nSPS) is 11.2. The number of halogens is 1. The zero-order valence-corrected chi connectivity index (χ0v) is 11.6. The lowest BCUT2D eigenvalue weighted by Crippen LogP contribution is -2.43. The predicted molar refractivity (Wildman–Crippen MR) is 74.6 cm³/mol. The van der Waals surface area contributed by atoms with Gasteiger partial charge >= 0.3 is 5.97 Å². The highest BCUT2D eigenvalue weighted by Gasteiger charge is 2.23. The second-order valence-electron chi connectivity index (χ2n) is 3.98. The zero-order chi connectivity index (χ0) is 15.1. The molecule has 5 nitrogen and oxygen atoms in total. The number of carboxylic acid groups (broad SMARTS) is 1. The lowest BCUT2D eigenvalue weighted by Gasteiger charge is -2.23. The summed E-state index contributed by atoms with van der Waals surface area (Å²) in [6, 6.07) is 6.70. The number of para-hydroxylation sites is 1. The summed E-state index contributed by atoms with van der Waals surface area (Å²) in [5, 5.41) is 9.12. The van der Waals surface area contributed by atoms with Gasteiger partial charge in [-0.1, -0.05) is 29.7 Å². The number of carbonyl (C=O) groups excluding carboxylic acids is 1. The highest BCUT2D eigenvalue weighted by atomic mass is 35.5. The van der Waals surface area contributed by atoms with Crippen LogP contribution in [0.1, 0.15) is 6.92 Å². The summed E-state index contributed by atoms with van der Waals surface area (Å²) < 4.78 is 5.43. The average molecular weight is 296 g/mol. The molecule has 0 aliphatic carbocycles. The minimum atomic E-state index is -1.14. The van der Waals surface area contributed by atoms with Gasteiger partial charge in [-0.05, 0) is 19.1 Å². The summed E-state index contributed by atoms with van der Waals surface area (Å²) >= 11 is 5.92. The standard InChI is InChI=1S/C14H14ClNO4/c1-3-8-16(9-13(17)18)14(19)10(2)20-12-7-5-4-6-11(12)15/h1,4-7,10H,8-9H2,2H3,(H,17,18). The van der Waals surface area contributed by atoms with Crippen molar-refractivity contribution in [3.8, 4) is 18.1 Å². The number of benzene rings is 1. The van der Waals surface area contributed by atoms with Gasteiger partial charge < -0.3 is 14.7 Å². The van der Waals surface area contributed by atoms with E-state index in [0.717, 1.165) is 4.90 Å². The van der Waals surface area contributed by atoms with Crippen LogP contribution in [-0.4, -0.2) is 41.1 Å². The predicted octanol–water partition coefficient (Wildman–Crippen LogP) is 1.65. The third-order valence-electron chi connectivity index (χ3n) is 2.41. The summed E-state index contributed by atoms with van der Waals surface area (Å²) in [5.74, 6) is 0.948. The molecule has 1 atom stereocenters. The van der Waals surface area contributed by atoms with Crippen LogP contribution in [-0.2, 0) is 9.59 Å². The fourth-order valence-corrected chi connectivity index (χ4v) is 1.70. The van der Waals surface area contributed by atoms with Crippen LogP contribution in [0.15, 0.2) is 24.3 Å². The molecule has 0 saturated carbocycles. The number of rotatable bonds is 6. The highest BCUT2D eigenvalue weighted by molar-refractivity contribution is 6.32. The number of carbonyl (C=O) groups is 2. The molecule has 0 spiro atoms. The van der Waals surface area contributed by atoms with Crippen molar-refractivity contribution in [2.45, 2.75) is 13.0 Å². The summed E-state index contributed by atoms with van der Waals surface area (Å²) in [7, 11) is 0. The first-order valence-corrected chi connectivity index (χ1v) is 6.18. The van der Waals surface area contributed by atoms with Gasteiger partial charge in [-0.15, -0.1) is 6.42 Å². The van der Waals surface area contributed by atoms with Gasteiger partial charge in [0.2, 0.25) is 0 Å². The van der Waals surface area contributed by atoms with Crippen molar-refractivity contribution in [1.29, 1.82) is 0 Å². The molecular formula is C14H14ClNO4. The lowest BCUT2D eigenvalue weighted by molar-refractivity contribution is -0.146. The molecule has 0 aliphatic heterocycles. The Hall–Kier alpha value is -2.19. The molecule has 0 bridgehead atoms. The van der Waals surface area contributed by atoms with Crippen LogP contribution in [0.2, 0.25) is 5.02 Å². The van der Waals surface area contributed by atoms with Crippen molar-refractivity contribution in [3.05, 3.63) is 29.3 Å². The van der Waals surface area contributed by atoms with E-state index in [9.17, 15) is 9.59 Å². The Kier molecular flexibility index (Phi) is 5.88. The van der Waals surface area contributed by atoms with Crippen LogP contribution in [0, 0.1) is 12.3 Å². The van der Waals surface area contributed by atoms with Gasteiger partial charge in [-0.3, -0.25) is 9.59 Å². The van der Waals surface area contributed by atoms with E-state index in [1.807, 2.05) is 0 Å². The molecule has 1 amide bonds. The second kappa shape index (κ2) is 7.41. The van der Waals surface area contributed by atoms with Crippen molar-refractivity contribution in [2.75, 3.05) is 13.1 Å². The molecule has 0 aliphatic rings. The number of aliphatic carboxylic acids is 1. The Bertz CT molecular complexity index is 538. The lowest BCUT2D eigenvalue weighted by atomic mass is 10.3. The molecule has 1 aromatic carbocycles. The van der Waals surface area contributed by atoms with Gasteiger partial charge in [0.1, 0.15) is 12.3 Å². The molecule has 0 fully saturated rings. The third kappa shape index (κ3) is 4.48. The molecule has 0 saturated heterocycles. The molecule has 0 radical (unpaired) electrons. The molecule has 1 aromatic rings. The smallest absolute Gasteiger partial charge is 0.323 e. The van der Waals surface area contributed by atoms with Gasteiger partial charge in [-0.25, -0.2) is 0 Å². The first-order valence-electron chi connectivity index (χ1n) is 5.81. The van der Waals surface area contributed by atoms with Crippen molar-refractivity contribution in [1.82, 2.24) is 4.90 Å². The van der Waals surface area contributed by atoms with E-state index in [2.05, 4.69) is 5.92 Å². The van der Waals surface area contributed by atoms with Crippen LogP contribution in [0.4, 0.5) is 0 Å². The zero-order valence-electron chi connectivity index (χ0n) is 10.9. The summed E-state index contributed by atoms with van der Waals surface area (Å²) in [6.07, 6.45) is 4.23. The minimum Gasteiger partial charge on any atom is -0.480 e. The highest BCUT2D eigenvalue weighted by Crippen LogP contribution is 2.24. The molecule has 0 aromatic heterocycles. The van der Waals surface area contributed by atoms with Gasteiger partial charge in [0.25, 0.3) is 5.91 Å². The number of amides is 1. The van der Waals surface area contributed by atoms with Crippen molar-refractivity contribution < 1.29 is 19.4 Å². The van der Waals surface area contributed by atoms with E-state index in [1.54, 1.807) is 24.3 Å². The third-order valence-corrected chi connectivity index (χ3v) is 2.72. The van der Waals surface area contributed by atoms with Crippen LogP contribution < -0.4 is 4.74 Å². The molecule has 0 heterocycles. The van der Waals surface area contributed by atoms with E-state index in [-0.39, 0.29) is 6.54 Å². The van der Waals surface area contributed by atoms with Crippen LogP contribution in [0.3, 0.4) is 0 Å². The summed E-state index contributed by atoms with van der Waals surface area (Å²) in [6.45, 7) is 0.942. The van der Waals surface area contributed by atoms with E-state index >= 15 is 0 Å². The fraction of sp³-hybridized carbons (Fsp3) is 0.286. The number of carboxylic acids is 1. The van der Waals surface area contributed by atoms with E-state index in [0.29, 0.717) is 10.8 Å². The Morgan fingerprint density at radius 1 is 1.50 bits per heavy atom. The monoisotopic (exact) mass is 295 g/mol. The largest absolute Gasteiger partial charge is 0.480 e. The number of hydrogen-bond donors (Lipinski definition) is 1. The molecule has 20 heavy (non-hydrogen) atoms. The maximum atomic E-state index is 12.1. The van der Waals surface area contributed by atoms with Crippen LogP contribution in [0.25, 0.3) is 0 Å². The number of nitrogens with zero attached hydrogens (tertiary/aromatic N) is 1. The Labute approximate surface area is 122 Å². The Balaban J connectivity index is 2.76. The summed E-state index contributed by atoms with van der Waals surface area (Å²) in [5.41, 5.74) is 0. The summed E-state index contributed by atoms with van der Waals surface area (Å²) in [4.78, 5) is 23.8. The average Bonchev–Trinajstić information content (AvgIpc) is 2.39. The van der Waals surface area contributed by atoms with E-state index in [1.165, 1.54) is 6.92 Å². The molecule has 106 valence electrons. The quantitative estimate of drug-likeness (QED) is 0.811. The maximum Gasteiger partial charge on any atom is 0.323 e. The van der Waals surface area contributed by atoms with Crippen molar-refractivity contribution >= 4 is 23.5 Å². The molecular weight excluding hydrogens is 282 g/mol. The second-order valence-corrected chi connectivity index (χ2v) is 4.39. The first kappa shape index (κ1) is 15.9. The Morgan fingerprint density at radius 2 is 2.15 bits per heavy atom. The maximum absolute atomic E-state index is 12.1. The van der Waals surface area contributed by atoms with Gasteiger partial charge in [0.15, 0.2) is 6.10 Å². The van der Waals surface area contributed by atoms with E-state index < -0.39 is 24.5 Å². The van der Waals surface area contributed by atoms with Crippen molar-refractivity contribution in [3.63, 3.8) is 0 Å². The Morgan fingerprint density at radius 3 is 2.70 bits per heavy atom. The minimum absolute atomic E-state index is 0.0959. The topological polar surface area (TPSA) is 66.8 Å². The van der Waals surface area contributed by atoms with Gasteiger partial charge in [0.05, 0.1) is 11.6 Å². The molecule has 6 heteroatoms. The molecule has 1 N–H and O–H groups in total. The van der Waals surface area contributed by atoms with Crippen LogP contribution in [0.5, 0.6) is 5.75 Å². The van der Waals surface area contributed by atoms with E-state index in [4.69, 9.17) is 27.9 Å². The fourth-order valence-electron chi connectivity index (χ4n) is 1.52. The number of hydrogen-bond acceptors (Lipinski definition) is 3. The number of ether oxygens (including phenoxy) is 1. The molecule has 1 rings (SSSR count). The van der Waals surface area contributed by atoms with Gasteiger partial charge in [-0.2, -0.15) is 0 Å². The first-order chi connectivity index (χ1) is 9.45. The van der Waals surface area contributed by atoms with Crippen LogP contribution >= 0.6 is 11.6 Å².